The third-order valence-corrected chi connectivity index (χ3v) is 13.2. The molecule has 35 heavy (non-hydrogen) atoms. The van der Waals surface area contributed by atoms with Gasteiger partial charge in [0.25, 0.3) is 0 Å². The molecule has 1 saturated carbocycles. The minimum atomic E-state index is -1.79. The van der Waals surface area contributed by atoms with Crippen LogP contribution in [0.5, 0.6) is 0 Å². The molecule has 184 valence electrons. The van der Waals surface area contributed by atoms with Crippen LogP contribution in [0.2, 0.25) is 18.1 Å². The Hall–Kier alpha value is -2.55. The maximum absolute atomic E-state index is 9.78. The van der Waals surface area contributed by atoms with Gasteiger partial charge < -0.3 is 14.3 Å². The summed E-state index contributed by atoms with van der Waals surface area (Å²) in [6.45, 7) is 14.8. The Morgan fingerprint density at radius 2 is 1.94 bits per heavy atom. The molecule has 2 aromatic carbocycles. The summed E-state index contributed by atoms with van der Waals surface area (Å²) in [4.78, 5) is 0. The van der Waals surface area contributed by atoms with Gasteiger partial charge in [0.1, 0.15) is 0 Å². The summed E-state index contributed by atoms with van der Waals surface area (Å²) >= 11 is 0. The fourth-order valence-electron chi connectivity index (χ4n) is 5.67. The summed E-state index contributed by atoms with van der Waals surface area (Å²) in [5.41, 5.74) is 8.29. The van der Waals surface area contributed by atoms with Crippen LogP contribution in [0.3, 0.4) is 0 Å². The molecule has 5 rings (SSSR count). The van der Waals surface area contributed by atoms with Crippen LogP contribution in [0.4, 0.5) is 5.69 Å². The minimum Gasteiger partial charge on any atom is -0.414 e. The normalized spacial score (nSPS) is 20.5. The van der Waals surface area contributed by atoms with E-state index in [1.165, 1.54) is 33.3 Å². The molecule has 1 unspecified atom stereocenters. The molecule has 0 saturated heterocycles. The lowest BCUT2D eigenvalue weighted by Gasteiger charge is -2.38. The first-order valence-corrected chi connectivity index (χ1v) is 16.1. The van der Waals surface area contributed by atoms with E-state index >= 15 is 0 Å². The molecule has 3 aromatic rings. The molecular formula is C30H39N3OSi. The number of aryl methyl sites for hydroxylation is 1. The topological polar surface area (TPSA) is 50.0 Å². The summed E-state index contributed by atoms with van der Waals surface area (Å²) in [5, 5.41) is 14.8. The smallest absolute Gasteiger partial charge is 0.192 e. The third kappa shape index (κ3) is 4.32. The third-order valence-electron chi connectivity index (χ3n) is 8.70. The van der Waals surface area contributed by atoms with Crippen LogP contribution >= 0.6 is 0 Å². The lowest BCUT2D eigenvalue weighted by atomic mass is 9.92. The molecule has 0 radical (unpaired) electrons. The van der Waals surface area contributed by atoms with Crippen LogP contribution in [0.1, 0.15) is 69.2 Å². The van der Waals surface area contributed by atoms with E-state index in [1.54, 1.807) is 0 Å². The second-order valence-electron chi connectivity index (χ2n) is 12.1. The average Bonchev–Trinajstić information content (AvgIpc) is 3.41. The first kappa shape index (κ1) is 24.2. The van der Waals surface area contributed by atoms with Gasteiger partial charge in [-0.3, -0.25) is 0 Å². The number of nitrogens with one attached hydrogen (secondary N) is 1. The van der Waals surface area contributed by atoms with E-state index in [2.05, 4.69) is 93.3 Å². The largest absolute Gasteiger partial charge is 0.414 e. The van der Waals surface area contributed by atoms with E-state index < -0.39 is 8.32 Å². The number of rotatable bonds is 4. The summed E-state index contributed by atoms with van der Waals surface area (Å²) in [5.74, 6) is 0. The van der Waals surface area contributed by atoms with Crippen molar-refractivity contribution in [2.75, 3.05) is 11.9 Å². The monoisotopic (exact) mass is 485 g/mol. The number of aromatic nitrogens is 1. The molecular weight excluding hydrogens is 446 g/mol. The number of anilines is 1. The number of fused-ring (bicyclic) bond motifs is 2. The summed E-state index contributed by atoms with van der Waals surface area (Å²) in [6, 6.07) is 13.8. The maximum Gasteiger partial charge on any atom is 0.192 e. The van der Waals surface area contributed by atoms with Crippen molar-refractivity contribution in [1.29, 1.82) is 5.26 Å². The zero-order valence-corrected chi connectivity index (χ0v) is 23.2. The van der Waals surface area contributed by atoms with Crippen molar-refractivity contribution in [3.63, 3.8) is 0 Å². The molecule has 0 amide bonds. The van der Waals surface area contributed by atoms with Crippen LogP contribution in [-0.2, 0) is 10.8 Å². The summed E-state index contributed by atoms with van der Waals surface area (Å²) in [6.07, 6.45) is 8.25. The highest BCUT2D eigenvalue weighted by molar-refractivity contribution is 6.74. The molecule has 2 heterocycles. The summed E-state index contributed by atoms with van der Waals surface area (Å²) < 4.78 is 9.33. The second kappa shape index (κ2) is 8.83. The highest BCUT2D eigenvalue weighted by Crippen LogP contribution is 2.44. The standard InChI is InChI=1S/C30H39N3OSi/c1-20-15-29-26(16-21(20)18-31)27(24-9-7-11-28-25(24)10-8-14-32-28)19-33(29)22-12-13-23(17-22)34-35(5,6)30(2,3)4/h7,9,11,15-16,19,22-23,32H,8,10,12-14,17H2,1-6H3/t22-,23?/m1/s1. The Labute approximate surface area is 211 Å². The van der Waals surface area contributed by atoms with Gasteiger partial charge in [-0.25, -0.2) is 0 Å². The number of benzene rings is 2. The quantitative estimate of drug-likeness (QED) is 0.381. The van der Waals surface area contributed by atoms with Gasteiger partial charge in [0, 0.05) is 47.0 Å². The summed E-state index contributed by atoms with van der Waals surface area (Å²) in [7, 11) is -1.79. The van der Waals surface area contributed by atoms with Gasteiger partial charge in [0.15, 0.2) is 8.32 Å². The molecule has 1 fully saturated rings. The Balaban J connectivity index is 1.57. The SMILES string of the molecule is Cc1cc2c(cc1C#N)c(-c1cccc3c1CCCN3)cn2[C@@H]1CCC(O[Si](C)(C)C(C)(C)C)C1. The molecule has 1 aliphatic carbocycles. The Morgan fingerprint density at radius 3 is 2.69 bits per heavy atom. The first-order valence-electron chi connectivity index (χ1n) is 13.2. The Bertz CT molecular complexity index is 1310. The van der Waals surface area contributed by atoms with Gasteiger partial charge in [-0.2, -0.15) is 5.26 Å². The van der Waals surface area contributed by atoms with Crippen molar-refractivity contribution in [3.8, 4) is 17.2 Å². The molecule has 1 N–H and O–H groups in total. The van der Waals surface area contributed by atoms with Gasteiger partial charge in [-0.15, -0.1) is 0 Å². The highest BCUT2D eigenvalue weighted by Gasteiger charge is 2.41. The second-order valence-corrected chi connectivity index (χ2v) is 16.8. The van der Waals surface area contributed by atoms with Crippen molar-refractivity contribution < 1.29 is 4.43 Å². The van der Waals surface area contributed by atoms with E-state index in [0.29, 0.717) is 12.1 Å². The van der Waals surface area contributed by atoms with E-state index in [-0.39, 0.29) is 5.04 Å². The van der Waals surface area contributed by atoms with Crippen molar-refractivity contribution >= 4 is 24.9 Å². The molecule has 1 aliphatic heterocycles. The predicted octanol–water partition coefficient (Wildman–Crippen LogP) is 7.96. The van der Waals surface area contributed by atoms with Crippen LogP contribution in [0, 0.1) is 18.3 Å². The van der Waals surface area contributed by atoms with Gasteiger partial charge in [-0.05, 0) is 92.0 Å². The number of hydrogen-bond acceptors (Lipinski definition) is 3. The van der Waals surface area contributed by atoms with E-state index in [9.17, 15) is 5.26 Å². The first-order chi connectivity index (χ1) is 16.6. The molecule has 5 heteroatoms. The lowest BCUT2D eigenvalue weighted by Crippen LogP contribution is -2.43. The highest BCUT2D eigenvalue weighted by atomic mass is 28.4. The van der Waals surface area contributed by atoms with Crippen molar-refractivity contribution in [2.45, 2.75) is 90.1 Å². The molecule has 2 aliphatic rings. The zero-order valence-electron chi connectivity index (χ0n) is 22.2. The van der Waals surface area contributed by atoms with E-state index in [4.69, 9.17) is 4.43 Å². The Kier molecular flexibility index (Phi) is 6.10. The molecule has 1 aromatic heterocycles. The molecule has 4 nitrogen and oxygen atoms in total. The molecule has 0 bridgehead atoms. The van der Waals surface area contributed by atoms with Gasteiger partial charge in [-0.1, -0.05) is 32.9 Å². The van der Waals surface area contributed by atoms with Gasteiger partial charge in [0.2, 0.25) is 0 Å². The fraction of sp³-hybridized carbons (Fsp3) is 0.500. The van der Waals surface area contributed by atoms with Crippen LogP contribution in [0.25, 0.3) is 22.0 Å². The number of nitrogens with zero attached hydrogens (tertiary/aromatic N) is 2. The molecule has 2 atom stereocenters. The lowest BCUT2D eigenvalue weighted by molar-refractivity contribution is 0.183. The van der Waals surface area contributed by atoms with Gasteiger partial charge in [0.05, 0.1) is 11.6 Å². The molecule has 0 spiro atoms. The van der Waals surface area contributed by atoms with Crippen molar-refractivity contribution in [1.82, 2.24) is 4.57 Å². The fourth-order valence-corrected chi connectivity index (χ4v) is 7.07. The number of hydrogen-bond donors (Lipinski definition) is 1. The Morgan fingerprint density at radius 1 is 1.14 bits per heavy atom. The van der Waals surface area contributed by atoms with Crippen molar-refractivity contribution in [3.05, 3.63) is 53.2 Å². The number of nitriles is 1. The van der Waals surface area contributed by atoms with E-state index in [1.807, 2.05) is 0 Å². The van der Waals surface area contributed by atoms with Crippen LogP contribution < -0.4 is 5.32 Å². The maximum atomic E-state index is 9.78. The minimum absolute atomic E-state index is 0.226. The van der Waals surface area contributed by atoms with Crippen LogP contribution in [0.15, 0.2) is 36.5 Å². The van der Waals surface area contributed by atoms with Gasteiger partial charge >= 0.3 is 0 Å². The van der Waals surface area contributed by atoms with Crippen LogP contribution in [-0.4, -0.2) is 25.5 Å². The van der Waals surface area contributed by atoms with Crippen molar-refractivity contribution in [2.24, 2.45) is 0 Å². The zero-order chi connectivity index (χ0) is 25.0. The van der Waals surface area contributed by atoms with E-state index in [0.717, 1.165) is 49.8 Å². The predicted molar refractivity (Wildman–Crippen MR) is 149 cm³/mol. The average molecular weight is 486 g/mol.